The molecule has 1 amide bonds. The maximum absolute atomic E-state index is 13.4. The maximum atomic E-state index is 13.4. The fraction of sp³-hybridized carbons (Fsp3) is 0.407. The summed E-state index contributed by atoms with van der Waals surface area (Å²) < 4.78 is 5.74. The van der Waals surface area contributed by atoms with Crippen molar-refractivity contribution >= 4 is 29.1 Å². The van der Waals surface area contributed by atoms with Crippen molar-refractivity contribution in [3.8, 4) is 5.75 Å². The van der Waals surface area contributed by atoms with Crippen LogP contribution in [0.3, 0.4) is 0 Å². The molecule has 0 radical (unpaired) electrons. The number of nitrogens with zero attached hydrogens (tertiary/aromatic N) is 1. The Labute approximate surface area is 206 Å². The van der Waals surface area contributed by atoms with Crippen LogP contribution < -0.4 is 14.7 Å². The summed E-state index contributed by atoms with van der Waals surface area (Å²) in [5, 5.41) is 13.9. The Hall–Kier alpha value is -2.83. The van der Waals surface area contributed by atoms with Crippen LogP contribution in [0.1, 0.15) is 51.3 Å². The van der Waals surface area contributed by atoms with Crippen molar-refractivity contribution in [2.75, 3.05) is 26.2 Å². The Bertz CT molecular complexity index is 1030. The van der Waals surface area contributed by atoms with Crippen LogP contribution in [0.25, 0.3) is 5.76 Å². The van der Waals surface area contributed by atoms with Gasteiger partial charge < -0.3 is 19.6 Å². The molecule has 7 heteroatoms. The van der Waals surface area contributed by atoms with Gasteiger partial charge in [-0.25, -0.2) is 0 Å². The van der Waals surface area contributed by atoms with Gasteiger partial charge in [0.15, 0.2) is 0 Å². The zero-order valence-electron chi connectivity index (χ0n) is 20.3. The number of ether oxygens (including phenoxy) is 1. The summed E-state index contributed by atoms with van der Waals surface area (Å²) in [7, 11) is 0. The molecule has 1 saturated heterocycles. The second kappa shape index (κ2) is 11.5. The van der Waals surface area contributed by atoms with Gasteiger partial charge in [-0.1, -0.05) is 41.6 Å². The summed E-state index contributed by atoms with van der Waals surface area (Å²) in [5.41, 5.74) is 1.03. The van der Waals surface area contributed by atoms with Crippen molar-refractivity contribution in [3.05, 3.63) is 70.3 Å². The molecule has 1 heterocycles. The van der Waals surface area contributed by atoms with E-state index in [0.29, 0.717) is 28.4 Å². The molecule has 2 aromatic rings. The van der Waals surface area contributed by atoms with Gasteiger partial charge in [0, 0.05) is 23.6 Å². The van der Waals surface area contributed by atoms with Gasteiger partial charge in [-0.15, -0.1) is 0 Å². The predicted molar refractivity (Wildman–Crippen MR) is 132 cm³/mol. The minimum absolute atomic E-state index is 0.0139. The third-order valence-corrected chi connectivity index (χ3v) is 6.38. The van der Waals surface area contributed by atoms with Crippen molar-refractivity contribution in [3.63, 3.8) is 0 Å². The number of Topliss-reactive ketones (excluding diaryl/α,β-unsaturated/α-hetero) is 1. The molecule has 1 N–H and O–H groups in total. The quantitative estimate of drug-likeness (QED) is 0.319. The Morgan fingerprint density at radius 3 is 2.24 bits per heavy atom. The third-order valence-electron chi connectivity index (χ3n) is 6.13. The molecule has 1 aliphatic rings. The van der Waals surface area contributed by atoms with Crippen LogP contribution in [0.4, 0.5) is 0 Å². The average Bonchev–Trinajstić information content (AvgIpc) is 3.07. The smallest absolute Gasteiger partial charge is 0.295 e. The zero-order valence-corrected chi connectivity index (χ0v) is 21.0. The Morgan fingerprint density at radius 1 is 1.06 bits per heavy atom. The summed E-state index contributed by atoms with van der Waals surface area (Å²) in [4.78, 5) is 29.1. The lowest BCUT2D eigenvalue weighted by Gasteiger charge is -2.28. The van der Waals surface area contributed by atoms with Crippen molar-refractivity contribution < 1.29 is 24.3 Å². The molecule has 3 rings (SSSR count). The van der Waals surface area contributed by atoms with Gasteiger partial charge in [-0.2, -0.15) is 0 Å². The number of amides is 1. The molecular formula is C27H33ClN2O4. The number of hydrogen-bond donors (Lipinski definition) is 1. The van der Waals surface area contributed by atoms with Gasteiger partial charge >= 0.3 is 0 Å². The van der Waals surface area contributed by atoms with Crippen molar-refractivity contribution in [2.45, 2.75) is 46.3 Å². The van der Waals surface area contributed by atoms with E-state index in [1.165, 1.54) is 4.90 Å². The SMILES string of the molecule is CC[NH+](CC)CCCN1C(=O)C(=O)/C(=C(/[O-])c2ccc(Cl)cc2)C1c1ccc(OC(C)C)cc1. The third kappa shape index (κ3) is 5.80. The summed E-state index contributed by atoms with van der Waals surface area (Å²) in [5.74, 6) is -1.11. The number of hydrogen-bond acceptors (Lipinski definition) is 4. The summed E-state index contributed by atoms with van der Waals surface area (Å²) >= 11 is 5.97. The molecule has 0 saturated carbocycles. The second-order valence-electron chi connectivity index (χ2n) is 8.78. The highest BCUT2D eigenvalue weighted by atomic mass is 35.5. The maximum Gasteiger partial charge on any atom is 0.295 e. The number of nitrogens with one attached hydrogen (secondary N) is 1. The molecule has 182 valence electrons. The molecule has 0 spiro atoms. The van der Waals surface area contributed by atoms with Gasteiger partial charge in [0.25, 0.3) is 5.91 Å². The fourth-order valence-electron chi connectivity index (χ4n) is 4.31. The normalized spacial score (nSPS) is 17.7. The molecule has 1 unspecified atom stereocenters. The highest BCUT2D eigenvalue weighted by molar-refractivity contribution is 6.46. The van der Waals surface area contributed by atoms with E-state index in [4.69, 9.17) is 16.3 Å². The average molecular weight is 485 g/mol. The van der Waals surface area contributed by atoms with E-state index in [1.807, 2.05) is 38.1 Å². The van der Waals surface area contributed by atoms with E-state index in [-0.39, 0.29) is 11.7 Å². The van der Waals surface area contributed by atoms with Gasteiger partial charge in [0.1, 0.15) is 5.75 Å². The molecule has 0 bridgehead atoms. The molecule has 1 fully saturated rings. The molecule has 1 aliphatic heterocycles. The summed E-state index contributed by atoms with van der Waals surface area (Å²) in [6.45, 7) is 11.4. The van der Waals surface area contributed by atoms with Crippen LogP contribution in [0.2, 0.25) is 5.02 Å². The molecule has 0 aromatic heterocycles. The van der Waals surface area contributed by atoms with E-state index in [1.54, 1.807) is 29.2 Å². The predicted octanol–water partition coefficient (Wildman–Crippen LogP) is 2.67. The number of ketones is 1. The lowest BCUT2D eigenvalue weighted by molar-refractivity contribution is -0.896. The Morgan fingerprint density at radius 2 is 1.68 bits per heavy atom. The van der Waals surface area contributed by atoms with E-state index in [9.17, 15) is 14.7 Å². The molecule has 1 atom stereocenters. The van der Waals surface area contributed by atoms with Crippen LogP contribution in [0, 0.1) is 0 Å². The second-order valence-corrected chi connectivity index (χ2v) is 9.21. The van der Waals surface area contributed by atoms with Gasteiger partial charge in [0.05, 0.1) is 31.8 Å². The standard InChI is InChI=1S/C27H33ClN2O4/c1-5-29(6-2)16-7-17-30-24(19-10-14-22(15-11-19)34-18(3)4)23(26(32)27(30)33)25(31)20-8-12-21(28)13-9-20/h8-15,18,24,31H,5-7,16-17H2,1-4H3/b25-23+. The van der Waals surface area contributed by atoms with E-state index in [2.05, 4.69) is 13.8 Å². The first-order valence-electron chi connectivity index (χ1n) is 11.9. The van der Waals surface area contributed by atoms with Gasteiger partial charge in [-0.05, 0) is 63.1 Å². The summed E-state index contributed by atoms with van der Waals surface area (Å²) in [6.07, 6.45) is 0.761. The van der Waals surface area contributed by atoms with Gasteiger partial charge in [-0.3, -0.25) is 9.59 Å². The molecule has 0 aliphatic carbocycles. The Balaban J connectivity index is 2.01. The first-order valence-corrected chi connectivity index (χ1v) is 12.3. The number of halogens is 1. The van der Waals surface area contributed by atoms with Crippen molar-refractivity contribution in [1.82, 2.24) is 4.90 Å². The zero-order chi connectivity index (χ0) is 24.8. The van der Waals surface area contributed by atoms with E-state index < -0.39 is 23.5 Å². The topological polar surface area (TPSA) is 74.1 Å². The molecule has 34 heavy (non-hydrogen) atoms. The lowest BCUT2D eigenvalue weighted by Crippen LogP contribution is -3.11. The number of benzene rings is 2. The van der Waals surface area contributed by atoms with Crippen molar-refractivity contribution in [2.24, 2.45) is 0 Å². The largest absolute Gasteiger partial charge is 0.872 e. The van der Waals surface area contributed by atoms with Crippen LogP contribution >= 0.6 is 11.6 Å². The first kappa shape index (κ1) is 25.8. The minimum atomic E-state index is -0.734. The minimum Gasteiger partial charge on any atom is -0.872 e. The van der Waals surface area contributed by atoms with Crippen LogP contribution in [0.15, 0.2) is 54.1 Å². The Kier molecular flexibility index (Phi) is 8.75. The number of likely N-dealkylation sites (tertiary alicyclic amines) is 1. The molecule has 6 nitrogen and oxygen atoms in total. The lowest BCUT2D eigenvalue weighted by atomic mass is 9.95. The number of carbonyl (C=O) groups is 2. The molecular weight excluding hydrogens is 452 g/mol. The fourth-order valence-corrected chi connectivity index (χ4v) is 4.43. The van der Waals surface area contributed by atoms with Crippen LogP contribution in [-0.4, -0.2) is 48.9 Å². The highest BCUT2D eigenvalue weighted by Gasteiger charge is 2.44. The number of rotatable bonds is 10. The molecule has 2 aromatic carbocycles. The van der Waals surface area contributed by atoms with Gasteiger partial charge in [0.2, 0.25) is 5.78 Å². The highest BCUT2D eigenvalue weighted by Crippen LogP contribution is 2.39. The van der Waals surface area contributed by atoms with Crippen molar-refractivity contribution in [1.29, 1.82) is 0 Å². The van der Waals surface area contributed by atoms with Crippen LogP contribution in [-0.2, 0) is 9.59 Å². The first-order chi connectivity index (χ1) is 16.3. The number of carbonyl (C=O) groups excluding carboxylic acids is 2. The number of quaternary nitrogens is 1. The van der Waals surface area contributed by atoms with E-state index in [0.717, 1.165) is 26.1 Å². The summed E-state index contributed by atoms with van der Waals surface area (Å²) in [6, 6.07) is 12.9. The van der Waals surface area contributed by atoms with Crippen LogP contribution in [0.5, 0.6) is 5.75 Å². The monoisotopic (exact) mass is 484 g/mol. The van der Waals surface area contributed by atoms with E-state index >= 15 is 0 Å².